The van der Waals surface area contributed by atoms with Gasteiger partial charge in [0.15, 0.2) is 14.6 Å². The summed E-state index contributed by atoms with van der Waals surface area (Å²) in [6, 6.07) is 0. The molecule has 0 aliphatic carbocycles. The predicted octanol–water partition coefficient (Wildman–Crippen LogP) is 2.15. The summed E-state index contributed by atoms with van der Waals surface area (Å²) in [5.41, 5.74) is 0. The van der Waals surface area contributed by atoms with Crippen molar-refractivity contribution in [3.8, 4) is 0 Å². The first kappa shape index (κ1) is 18.3. The highest BCUT2D eigenvalue weighted by molar-refractivity contribution is 6.74. The van der Waals surface area contributed by atoms with Gasteiger partial charge in [-0.2, -0.15) is 0 Å². The maximum Gasteiger partial charge on any atom is 0.308 e. The highest BCUT2D eigenvalue weighted by atomic mass is 28.4. The lowest BCUT2D eigenvalue weighted by Crippen LogP contribution is -2.48. The number of esters is 1. The van der Waals surface area contributed by atoms with E-state index in [1.165, 1.54) is 14.2 Å². The van der Waals surface area contributed by atoms with Crippen molar-refractivity contribution >= 4 is 20.6 Å². The Morgan fingerprint density at radius 3 is 2.11 bits per heavy atom. The molecule has 0 spiro atoms. The quantitative estimate of drug-likeness (QED) is 0.408. The number of aldehydes is 1. The van der Waals surface area contributed by atoms with E-state index in [1.54, 1.807) is 0 Å². The number of rotatable bonds is 7. The third kappa shape index (κ3) is 5.42. The summed E-state index contributed by atoms with van der Waals surface area (Å²) >= 11 is 0. The standard InChI is InChI=1S/C13H26O5Si/c1-13(2,3)19(6,7)18-10(8-12(15)17-5)11(9-14)16-4/h9-11H,8H2,1-7H3/t10-,11-/m1/s1. The van der Waals surface area contributed by atoms with Gasteiger partial charge in [-0.05, 0) is 18.1 Å². The molecular formula is C13H26O5Si. The molecule has 0 aliphatic rings. The largest absolute Gasteiger partial charge is 0.469 e. The van der Waals surface area contributed by atoms with Gasteiger partial charge in [0.25, 0.3) is 0 Å². The first-order chi connectivity index (χ1) is 8.59. The number of hydrogen-bond acceptors (Lipinski definition) is 5. The summed E-state index contributed by atoms with van der Waals surface area (Å²) in [5.74, 6) is -0.410. The van der Waals surface area contributed by atoms with Gasteiger partial charge in [0.05, 0.1) is 19.6 Å². The van der Waals surface area contributed by atoms with Gasteiger partial charge in [-0.15, -0.1) is 0 Å². The molecule has 0 saturated heterocycles. The van der Waals surface area contributed by atoms with Crippen LogP contribution in [0, 0.1) is 0 Å². The summed E-state index contributed by atoms with van der Waals surface area (Å²) in [6.07, 6.45) is -0.676. The molecule has 0 aromatic heterocycles. The van der Waals surface area contributed by atoms with E-state index in [2.05, 4.69) is 38.6 Å². The summed E-state index contributed by atoms with van der Waals surface area (Å²) in [6.45, 7) is 10.4. The van der Waals surface area contributed by atoms with E-state index in [-0.39, 0.29) is 11.5 Å². The second kappa shape index (κ2) is 7.16. The molecule has 0 amide bonds. The molecule has 0 fully saturated rings. The molecule has 0 bridgehead atoms. The Morgan fingerprint density at radius 2 is 1.79 bits per heavy atom. The van der Waals surface area contributed by atoms with E-state index in [1.807, 2.05) is 0 Å². The van der Waals surface area contributed by atoms with Crippen LogP contribution < -0.4 is 0 Å². The van der Waals surface area contributed by atoms with Crippen LogP contribution >= 0.6 is 0 Å². The van der Waals surface area contributed by atoms with Gasteiger partial charge in [-0.1, -0.05) is 20.8 Å². The number of hydrogen-bond donors (Lipinski definition) is 0. The third-order valence-corrected chi connectivity index (χ3v) is 8.12. The van der Waals surface area contributed by atoms with Crippen molar-refractivity contribution in [2.75, 3.05) is 14.2 Å². The Kier molecular flexibility index (Phi) is 6.89. The molecule has 0 radical (unpaired) electrons. The Labute approximate surface area is 116 Å². The van der Waals surface area contributed by atoms with Gasteiger partial charge < -0.3 is 18.7 Å². The van der Waals surface area contributed by atoms with Gasteiger partial charge in [-0.25, -0.2) is 0 Å². The molecule has 0 aromatic carbocycles. The molecule has 0 aromatic rings. The topological polar surface area (TPSA) is 61.8 Å². The van der Waals surface area contributed by atoms with Gasteiger partial charge in [0, 0.05) is 7.11 Å². The minimum absolute atomic E-state index is 0.0114. The average molecular weight is 290 g/mol. The zero-order chi connectivity index (χ0) is 15.3. The molecular weight excluding hydrogens is 264 g/mol. The van der Waals surface area contributed by atoms with E-state index >= 15 is 0 Å². The SMILES string of the molecule is COC(=O)C[C@@H](O[Si](C)(C)C(C)(C)C)[C@@H](C=O)OC. The van der Waals surface area contributed by atoms with E-state index in [4.69, 9.17) is 9.16 Å². The normalized spacial score (nSPS) is 15.7. The van der Waals surface area contributed by atoms with Crippen molar-refractivity contribution in [3.05, 3.63) is 0 Å². The first-order valence-electron chi connectivity index (χ1n) is 6.31. The lowest BCUT2D eigenvalue weighted by molar-refractivity contribution is -0.145. The second-order valence-electron chi connectivity index (χ2n) is 6.03. The van der Waals surface area contributed by atoms with Gasteiger partial charge >= 0.3 is 5.97 Å². The average Bonchev–Trinajstić information content (AvgIpc) is 2.28. The minimum atomic E-state index is -2.09. The van der Waals surface area contributed by atoms with Crippen LogP contribution in [-0.4, -0.2) is 47.0 Å². The van der Waals surface area contributed by atoms with Crippen LogP contribution in [-0.2, 0) is 23.5 Å². The molecule has 0 rings (SSSR count). The van der Waals surface area contributed by atoms with Crippen molar-refractivity contribution in [1.29, 1.82) is 0 Å². The fraction of sp³-hybridized carbons (Fsp3) is 0.846. The fourth-order valence-corrected chi connectivity index (χ4v) is 2.65. The molecule has 0 heterocycles. The lowest BCUT2D eigenvalue weighted by atomic mass is 10.1. The van der Waals surface area contributed by atoms with Crippen LogP contribution in [0.4, 0.5) is 0 Å². The summed E-state index contributed by atoms with van der Waals surface area (Å²) in [5, 5.41) is -0.0114. The minimum Gasteiger partial charge on any atom is -0.469 e. The molecule has 5 nitrogen and oxygen atoms in total. The summed E-state index contributed by atoms with van der Waals surface area (Å²) < 4.78 is 15.8. The molecule has 6 heteroatoms. The Balaban J connectivity index is 5.04. The predicted molar refractivity (Wildman–Crippen MR) is 75.6 cm³/mol. The molecule has 19 heavy (non-hydrogen) atoms. The first-order valence-corrected chi connectivity index (χ1v) is 9.22. The summed E-state index contributed by atoms with van der Waals surface area (Å²) in [7, 11) is 0.653. The monoisotopic (exact) mass is 290 g/mol. The number of ether oxygens (including phenoxy) is 2. The van der Waals surface area contributed by atoms with Gasteiger partial charge in [0.1, 0.15) is 6.10 Å². The smallest absolute Gasteiger partial charge is 0.308 e. The maximum absolute atomic E-state index is 11.4. The van der Waals surface area contributed by atoms with E-state index in [0.717, 1.165) is 0 Å². The third-order valence-electron chi connectivity index (χ3n) is 3.62. The van der Waals surface area contributed by atoms with E-state index in [9.17, 15) is 9.59 Å². The number of carbonyl (C=O) groups is 2. The number of methoxy groups -OCH3 is 2. The molecule has 2 atom stereocenters. The van der Waals surface area contributed by atoms with E-state index < -0.39 is 26.5 Å². The molecule has 0 N–H and O–H groups in total. The van der Waals surface area contributed by atoms with Gasteiger partial charge in [0.2, 0.25) is 0 Å². The molecule has 0 saturated carbocycles. The zero-order valence-corrected chi connectivity index (χ0v) is 14.0. The maximum atomic E-state index is 11.4. The molecule has 112 valence electrons. The number of carbonyl (C=O) groups excluding carboxylic acids is 2. The van der Waals surface area contributed by atoms with Crippen LogP contribution in [0.5, 0.6) is 0 Å². The van der Waals surface area contributed by atoms with Crippen LogP contribution in [0.3, 0.4) is 0 Å². The van der Waals surface area contributed by atoms with Crippen molar-refractivity contribution in [3.63, 3.8) is 0 Å². The second-order valence-corrected chi connectivity index (χ2v) is 10.8. The van der Waals surface area contributed by atoms with Crippen LogP contribution in [0.1, 0.15) is 27.2 Å². The van der Waals surface area contributed by atoms with Crippen molar-refractivity contribution in [2.24, 2.45) is 0 Å². The molecule has 0 aliphatic heterocycles. The zero-order valence-electron chi connectivity index (χ0n) is 13.0. The van der Waals surface area contributed by atoms with Crippen LogP contribution in [0.2, 0.25) is 18.1 Å². The summed E-state index contributed by atoms with van der Waals surface area (Å²) in [4.78, 5) is 22.5. The highest BCUT2D eigenvalue weighted by Gasteiger charge is 2.41. The van der Waals surface area contributed by atoms with Crippen molar-refractivity contribution in [1.82, 2.24) is 0 Å². The molecule has 0 unspecified atom stereocenters. The lowest BCUT2D eigenvalue weighted by Gasteiger charge is -2.40. The van der Waals surface area contributed by atoms with Crippen LogP contribution in [0.15, 0.2) is 0 Å². The Hall–Kier alpha value is -0.723. The Morgan fingerprint density at radius 1 is 1.26 bits per heavy atom. The van der Waals surface area contributed by atoms with Crippen molar-refractivity contribution < 1.29 is 23.5 Å². The van der Waals surface area contributed by atoms with Gasteiger partial charge in [-0.3, -0.25) is 4.79 Å². The Bertz CT molecular complexity index is 309. The van der Waals surface area contributed by atoms with Crippen LogP contribution in [0.25, 0.3) is 0 Å². The fourth-order valence-electron chi connectivity index (χ4n) is 1.32. The van der Waals surface area contributed by atoms with E-state index in [0.29, 0.717) is 6.29 Å². The van der Waals surface area contributed by atoms with Crippen molar-refractivity contribution in [2.45, 2.75) is 57.5 Å². The highest BCUT2D eigenvalue weighted by Crippen LogP contribution is 2.38.